The van der Waals surface area contributed by atoms with Crippen molar-refractivity contribution in [2.45, 2.75) is 38.5 Å². The van der Waals surface area contributed by atoms with Crippen LogP contribution in [0.3, 0.4) is 0 Å². The molecule has 0 saturated heterocycles. The zero-order valence-corrected chi connectivity index (χ0v) is 28.1. The van der Waals surface area contributed by atoms with E-state index in [1.165, 1.54) is 22.4 Å². The summed E-state index contributed by atoms with van der Waals surface area (Å²) < 4.78 is 12.8. The summed E-state index contributed by atoms with van der Waals surface area (Å²) in [5.74, 6) is 2.09. The largest absolute Gasteiger partial charge is 0.503 e. The molecule has 0 spiro atoms. The van der Waals surface area contributed by atoms with Crippen LogP contribution >= 0.6 is 0 Å². The third-order valence-corrected chi connectivity index (χ3v) is 9.85. The number of hydrogen-bond acceptors (Lipinski definition) is 3. The molecule has 6 nitrogen and oxygen atoms in total. The van der Waals surface area contributed by atoms with Crippen molar-refractivity contribution in [3.63, 3.8) is 0 Å². The Kier molecular flexibility index (Phi) is 6.94. The van der Waals surface area contributed by atoms with Crippen LogP contribution in [0.2, 0.25) is 0 Å². The Hall–Kier alpha value is -4.35. The molecular weight excluding hydrogens is 736 g/mol. The van der Waals surface area contributed by atoms with Crippen molar-refractivity contribution < 1.29 is 30.4 Å². The molecule has 0 aliphatic carbocycles. The predicted octanol–water partition coefficient (Wildman–Crippen LogP) is 6.07. The molecule has 8 rings (SSSR count). The van der Waals surface area contributed by atoms with Crippen LogP contribution < -0.4 is 19.6 Å². The summed E-state index contributed by atoms with van der Waals surface area (Å²) >= 11 is 0. The summed E-state index contributed by atoms with van der Waals surface area (Å²) in [7, 11) is 2.11. The molecule has 226 valence electrons. The van der Waals surface area contributed by atoms with Gasteiger partial charge in [0.05, 0.1) is 11.4 Å². The molecule has 0 bridgehead atoms. The molecule has 2 aliphatic rings. The number of anilines is 1. The van der Waals surface area contributed by atoms with E-state index in [0.717, 1.165) is 22.8 Å². The summed E-state index contributed by atoms with van der Waals surface area (Å²) in [6.07, 6.45) is 9.63. The van der Waals surface area contributed by atoms with Crippen LogP contribution in [0, 0.1) is 18.5 Å². The third-order valence-electron chi connectivity index (χ3n) is 9.85. The molecule has 4 heterocycles. The molecule has 8 heteroatoms. The van der Waals surface area contributed by atoms with Gasteiger partial charge in [-0.15, -0.1) is 18.2 Å². The second-order valence-corrected chi connectivity index (χ2v) is 12.7. The number of benzene rings is 4. The molecule has 6 aromatic rings. The van der Waals surface area contributed by atoms with Crippen LogP contribution in [0.5, 0.6) is 11.5 Å². The fourth-order valence-electron chi connectivity index (χ4n) is 6.75. The summed E-state index contributed by atoms with van der Waals surface area (Å²) in [5, 5.41) is 0. The normalized spacial score (nSPS) is 15.3. The Bertz CT molecular complexity index is 2050. The number of nitrogens with zero attached hydrogens (tertiary/aromatic N) is 5. The van der Waals surface area contributed by atoms with Crippen LogP contribution in [0.1, 0.15) is 39.0 Å². The number of para-hydroxylation sites is 1. The SMILES string of the molecule is CN1B(c2ccccc2)n2ccnc2-c2[c-]c(Oc3[c-]c(-n4[c-][n+]5c(c4)C(C)(C)C(C)(C)c4ccccc4-5)ccc3)ccc21.[Pt]. The molecule has 2 aliphatic heterocycles. The molecule has 4 aromatic carbocycles. The summed E-state index contributed by atoms with van der Waals surface area (Å²) in [6.45, 7) is 9.29. The van der Waals surface area contributed by atoms with E-state index >= 15 is 0 Å². The quantitative estimate of drug-likeness (QED) is 0.124. The first kappa shape index (κ1) is 29.4. The maximum absolute atomic E-state index is 6.38. The Balaban J connectivity index is 0.00000325. The second-order valence-electron chi connectivity index (χ2n) is 12.7. The van der Waals surface area contributed by atoms with Gasteiger partial charge in [-0.1, -0.05) is 99.6 Å². The first-order valence-corrected chi connectivity index (χ1v) is 15.0. The molecule has 0 atom stereocenters. The van der Waals surface area contributed by atoms with E-state index in [4.69, 9.17) is 9.72 Å². The minimum atomic E-state index is -0.117. The third kappa shape index (κ3) is 4.43. The van der Waals surface area contributed by atoms with E-state index in [-0.39, 0.29) is 38.9 Å². The molecule has 0 radical (unpaired) electrons. The summed E-state index contributed by atoms with van der Waals surface area (Å²) in [5.41, 5.74) is 7.54. The number of rotatable bonds is 4. The van der Waals surface area contributed by atoms with Gasteiger partial charge in [0.2, 0.25) is 0 Å². The Morgan fingerprint density at radius 2 is 1.58 bits per heavy atom. The van der Waals surface area contributed by atoms with Crippen LogP contribution in [0.25, 0.3) is 22.8 Å². The van der Waals surface area contributed by atoms with Gasteiger partial charge < -0.3 is 18.6 Å². The maximum Gasteiger partial charge on any atom is 0.398 e. The maximum atomic E-state index is 6.38. The van der Waals surface area contributed by atoms with Gasteiger partial charge in [0.25, 0.3) is 6.33 Å². The van der Waals surface area contributed by atoms with Crippen molar-refractivity contribution in [3.05, 3.63) is 133 Å². The molecule has 0 N–H and O–H groups in total. The van der Waals surface area contributed by atoms with Gasteiger partial charge >= 0.3 is 6.98 Å². The Morgan fingerprint density at radius 3 is 2.40 bits per heavy atom. The first-order chi connectivity index (χ1) is 21.2. The minimum absolute atomic E-state index is 0. The number of ether oxygens (including phenoxy) is 1. The standard InChI is InChI=1S/C37H32BN5O.Pt/c1-36(2)31-16-9-10-17-33(31)42-25-41(24-34(42)37(36,3)4)27-14-11-15-28(22-27)44-29-18-19-32-30(23-29)35-39-20-21-43(35)38(40(32)5)26-12-7-6-8-13-26;/h6-21,24H,1-5H3;/q-2;. The zero-order chi connectivity index (χ0) is 30.2. The first-order valence-electron chi connectivity index (χ1n) is 15.0. The summed E-state index contributed by atoms with van der Waals surface area (Å²) in [4.78, 5) is 6.97. The van der Waals surface area contributed by atoms with Gasteiger partial charge in [0.1, 0.15) is 0 Å². The number of fused-ring (bicyclic) bond motifs is 6. The van der Waals surface area contributed by atoms with E-state index in [0.29, 0.717) is 11.5 Å². The van der Waals surface area contributed by atoms with Crippen LogP contribution in [-0.2, 0) is 31.9 Å². The topological polar surface area (TPSA) is 39.1 Å². The van der Waals surface area contributed by atoms with Crippen molar-refractivity contribution in [3.8, 4) is 34.3 Å². The van der Waals surface area contributed by atoms with Gasteiger partial charge in [0, 0.05) is 62.4 Å². The molecule has 0 unspecified atom stereocenters. The van der Waals surface area contributed by atoms with Gasteiger partial charge in [0.15, 0.2) is 0 Å². The molecule has 2 aromatic heterocycles. The van der Waals surface area contributed by atoms with Crippen LogP contribution in [0.4, 0.5) is 5.69 Å². The van der Waals surface area contributed by atoms with Crippen molar-refractivity contribution in [1.82, 2.24) is 14.0 Å². The molecule has 0 fully saturated rings. The monoisotopic (exact) mass is 768 g/mol. The van der Waals surface area contributed by atoms with E-state index in [1.807, 2.05) is 47.3 Å². The van der Waals surface area contributed by atoms with Gasteiger partial charge in [-0.05, 0) is 35.2 Å². The van der Waals surface area contributed by atoms with Crippen LogP contribution in [-0.4, -0.2) is 28.1 Å². The number of imidazole rings is 2. The van der Waals surface area contributed by atoms with E-state index in [1.54, 1.807) is 0 Å². The minimum Gasteiger partial charge on any atom is -0.503 e. The number of aromatic nitrogens is 4. The predicted molar refractivity (Wildman–Crippen MR) is 173 cm³/mol. The van der Waals surface area contributed by atoms with Crippen LogP contribution in [0.15, 0.2) is 104 Å². The van der Waals surface area contributed by atoms with E-state index < -0.39 is 0 Å². The molecule has 0 amide bonds. The van der Waals surface area contributed by atoms with Gasteiger partial charge in [-0.3, -0.25) is 9.55 Å². The fraction of sp³-hybridized carbons (Fsp3) is 0.189. The molecular formula is C37H32BN5OPt-2. The average Bonchev–Trinajstić information content (AvgIpc) is 3.70. The van der Waals surface area contributed by atoms with Crippen molar-refractivity contribution in [2.24, 2.45) is 0 Å². The Labute approximate surface area is 279 Å². The molecule has 45 heavy (non-hydrogen) atoms. The van der Waals surface area contributed by atoms with Crippen molar-refractivity contribution in [1.29, 1.82) is 0 Å². The average molecular weight is 769 g/mol. The molecule has 0 saturated carbocycles. The van der Waals surface area contributed by atoms with E-state index in [9.17, 15) is 0 Å². The smallest absolute Gasteiger partial charge is 0.398 e. The Morgan fingerprint density at radius 1 is 0.822 bits per heavy atom. The summed E-state index contributed by atoms with van der Waals surface area (Å²) in [6, 6.07) is 36.1. The van der Waals surface area contributed by atoms with Gasteiger partial charge in [-0.25, -0.2) is 0 Å². The van der Waals surface area contributed by atoms with Gasteiger partial charge in [-0.2, -0.15) is 12.1 Å². The second kappa shape index (κ2) is 10.6. The van der Waals surface area contributed by atoms with E-state index in [2.05, 4.69) is 128 Å². The van der Waals surface area contributed by atoms with Crippen molar-refractivity contribution >= 4 is 18.1 Å². The number of hydrogen-bond donors (Lipinski definition) is 0. The fourth-order valence-corrected chi connectivity index (χ4v) is 6.75. The van der Waals surface area contributed by atoms with Crippen molar-refractivity contribution in [2.75, 3.05) is 11.9 Å². The zero-order valence-electron chi connectivity index (χ0n) is 25.9.